The van der Waals surface area contributed by atoms with Gasteiger partial charge in [-0.2, -0.15) is 0 Å². The van der Waals surface area contributed by atoms with E-state index in [4.69, 9.17) is 14.5 Å². The lowest BCUT2D eigenvalue weighted by molar-refractivity contribution is -0.151. The van der Waals surface area contributed by atoms with Crippen molar-refractivity contribution in [2.75, 3.05) is 20.3 Å². The third kappa shape index (κ3) is 8.35. The van der Waals surface area contributed by atoms with Crippen LogP contribution in [-0.2, 0) is 23.9 Å². The number of amides is 2. The molecule has 1 saturated heterocycles. The number of aromatic nitrogens is 1. The molecule has 0 saturated carbocycles. The van der Waals surface area contributed by atoms with E-state index in [1.807, 2.05) is 20.8 Å². The van der Waals surface area contributed by atoms with E-state index < -0.39 is 24.2 Å². The monoisotopic (exact) mass is 552 g/mol. The number of hydrogen-bond donors (Lipinski definition) is 2. The third-order valence-corrected chi connectivity index (χ3v) is 7.02. The van der Waals surface area contributed by atoms with E-state index in [0.29, 0.717) is 31.9 Å². The van der Waals surface area contributed by atoms with Crippen LogP contribution in [0.25, 0.3) is 17.0 Å². The first-order valence-electron chi connectivity index (χ1n) is 14.2. The van der Waals surface area contributed by atoms with Gasteiger partial charge in [0.2, 0.25) is 5.91 Å². The molecule has 1 aliphatic rings. The minimum absolute atomic E-state index is 0.0616. The molecule has 9 nitrogen and oxygen atoms in total. The normalized spacial score (nSPS) is 18.2. The highest BCUT2D eigenvalue weighted by atomic mass is 16.5. The number of carbonyl (C=O) groups is 3. The Morgan fingerprint density at radius 3 is 2.52 bits per heavy atom. The Kier molecular flexibility index (Phi) is 11.2. The average molecular weight is 553 g/mol. The summed E-state index contributed by atoms with van der Waals surface area (Å²) in [6, 6.07) is 9.05. The van der Waals surface area contributed by atoms with Crippen molar-refractivity contribution in [1.82, 2.24) is 20.7 Å². The zero-order valence-electron chi connectivity index (χ0n) is 24.8. The van der Waals surface area contributed by atoms with Gasteiger partial charge < -0.3 is 14.8 Å². The molecule has 9 heteroatoms. The van der Waals surface area contributed by atoms with E-state index in [-0.39, 0.29) is 23.7 Å². The molecule has 40 heavy (non-hydrogen) atoms. The van der Waals surface area contributed by atoms with Crippen LogP contribution in [0.15, 0.2) is 36.4 Å². The second-order valence-electron chi connectivity index (χ2n) is 11.2. The van der Waals surface area contributed by atoms with Crippen LogP contribution in [0.5, 0.6) is 0 Å². The number of hydrogen-bond acceptors (Lipinski definition) is 7. The zero-order chi connectivity index (χ0) is 29.4. The molecule has 2 amide bonds. The second-order valence-corrected chi connectivity index (χ2v) is 11.2. The molecule has 1 aromatic carbocycles. The Labute approximate surface area is 237 Å². The lowest BCUT2D eigenvalue weighted by Gasteiger charge is -2.34. The van der Waals surface area contributed by atoms with Crippen LogP contribution >= 0.6 is 0 Å². The summed E-state index contributed by atoms with van der Waals surface area (Å²) in [6.45, 7) is 12.6. The van der Waals surface area contributed by atoms with Gasteiger partial charge in [-0.05, 0) is 55.2 Å². The number of fused-ring (bicyclic) bond motifs is 1. The highest BCUT2D eigenvalue weighted by Crippen LogP contribution is 2.20. The summed E-state index contributed by atoms with van der Waals surface area (Å²) in [7, 11) is 1.32. The Bertz CT molecular complexity index is 1210. The van der Waals surface area contributed by atoms with Crippen molar-refractivity contribution in [3.8, 4) is 0 Å². The maximum atomic E-state index is 13.1. The van der Waals surface area contributed by atoms with Gasteiger partial charge >= 0.3 is 5.97 Å². The van der Waals surface area contributed by atoms with Crippen LogP contribution in [0.1, 0.15) is 71.6 Å². The molecular formula is C31H44N4O5. The molecule has 3 rings (SSSR count). The first-order chi connectivity index (χ1) is 19.0. The molecule has 1 fully saturated rings. The maximum Gasteiger partial charge on any atom is 0.324 e. The number of methoxy groups -OCH3 is 1. The van der Waals surface area contributed by atoms with E-state index in [0.717, 1.165) is 22.2 Å². The largest absolute Gasteiger partial charge is 0.468 e. The van der Waals surface area contributed by atoms with Crippen LogP contribution in [0.3, 0.4) is 0 Å². The van der Waals surface area contributed by atoms with Gasteiger partial charge in [0.05, 0.1) is 19.2 Å². The fourth-order valence-corrected chi connectivity index (χ4v) is 4.58. The van der Waals surface area contributed by atoms with Gasteiger partial charge in [0.1, 0.15) is 18.2 Å². The molecule has 0 bridgehead atoms. The fraction of sp³-hybridized carbons (Fsp3) is 0.548. The van der Waals surface area contributed by atoms with Crippen LogP contribution in [0, 0.1) is 11.8 Å². The molecule has 1 aliphatic heterocycles. The van der Waals surface area contributed by atoms with Crippen molar-refractivity contribution in [3.05, 3.63) is 47.7 Å². The van der Waals surface area contributed by atoms with E-state index in [1.54, 1.807) is 6.92 Å². The second kappa shape index (κ2) is 14.4. The Morgan fingerprint density at radius 1 is 1.12 bits per heavy atom. The average Bonchev–Trinajstić information content (AvgIpc) is 2.94. The zero-order valence-corrected chi connectivity index (χ0v) is 24.8. The van der Waals surface area contributed by atoms with E-state index in [1.165, 1.54) is 12.1 Å². The number of nitrogens with zero attached hydrogens (tertiary/aromatic N) is 2. The smallest absolute Gasteiger partial charge is 0.324 e. The summed E-state index contributed by atoms with van der Waals surface area (Å²) in [4.78, 5) is 42.7. The quantitative estimate of drug-likeness (QED) is 0.402. The van der Waals surface area contributed by atoms with Crippen LogP contribution in [0.4, 0.5) is 0 Å². The van der Waals surface area contributed by atoms with Gasteiger partial charge in [-0.3, -0.25) is 24.4 Å². The molecule has 1 unspecified atom stereocenters. The summed E-state index contributed by atoms with van der Waals surface area (Å²) in [5.41, 5.74) is 6.01. The van der Waals surface area contributed by atoms with Crippen LogP contribution in [0.2, 0.25) is 0 Å². The predicted molar refractivity (Wildman–Crippen MR) is 156 cm³/mol. The van der Waals surface area contributed by atoms with Crippen molar-refractivity contribution in [3.63, 3.8) is 0 Å². The Morgan fingerprint density at radius 2 is 1.85 bits per heavy atom. The molecule has 0 spiro atoms. The van der Waals surface area contributed by atoms with Crippen molar-refractivity contribution in [2.45, 2.75) is 78.5 Å². The summed E-state index contributed by atoms with van der Waals surface area (Å²) in [5.74, 6) is -0.721. The summed E-state index contributed by atoms with van der Waals surface area (Å²) < 4.78 is 10.8. The number of carbonyl (C=O) groups excluding carboxylic acids is 3. The predicted octanol–water partition coefficient (Wildman–Crippen LogP) is 4.22. The van der Waals surface area contributed by atoms with Crippen LogP contribution < -0.4 is 10.7 Å². The number of nitrogens with one attached hydrogen (secondary N) is 2. The van der Waals surface area contributed by atoms with Gasteiger partial charge in [0.25, 0.3) is 5.91 Å². The SMILES string of the molecule is COC(=O)[C@@H]1CCCN(C(=O)[C@H](C)NC(=O)[C@@H](OCC(C)/C=C/c2ccc3ccc(C(C)C)nc3c2)C(C)C)N1. The molecule has 2 heterocycles. The molecule has 1 aromatic heterocycles. The lowest BCUT2D eigenvalue weighted by atomic mass is 10.0. The van der Waals surface area contributed by atoms with Crippen molar-refractivity contribution < 1.29 is 23.9 Å². The number of hydrazine groups is 1. The molecule has 2 aromatic rings. The topological polar surface area (TPSA) is 110 Å². The number of benzene rings is 1. The lowest BCUT2D eigenvalue weighted by Crippen LogP contribution is -2.60. The Hall–Kier alpha value is -3.30. The molecule has 0 aliphatic carbocycles. The molecule has 0 radical (unpaired) electrons. The summed E-state index contributed by atoms with van der Waals surface area (Å²) >= 11 is 0. The first kappa shape index (κ1) is 31.2. The maximum absolute atomic E-state index is 13.1. The van der Waals surface area contributed by atoms with Gasteiger partial charge in [-0.1, -0.05) is 65.0 Å². The van der Waals surface area contributed by atoms with Crippen molar-refractivity contribution in [2.24, 2.45) is 11.8 Å². The van der Waals surface area contributed by atoms with E-state index >= 15 is 0 Å². The fourth-order valence-electron chi connectivity index (χ4n) is 4.58. The van der Waals surface area contributed by atoms with Crippen LogP contribution in [-0.4, -0.2) is 66.2 Å². The minimum atomic E-state index is -0.781. The molecule has 4 atom stereocenters. The van der Waals surface area contributed by atoms with Crippen molar-refractivity contribution >= 4 is 34.8 Å². The number of esters is 1. The highest BCUT2D eigenvalue weighted by Gasteiger charge is 2.32. The third-order valence-electron chi connectivity index (χ3n) is 7.02. The number of pyridine rings is 1. The Balaban J connectivity index is 1.55. The number of ether oxygens (including phenoxy) is 2. The standard InChI is InChI=1S/C31H44N4O5/c1-19(2)25-15-14-24-13-12-23(17-27(24)33-25)11-10-21(5)18-40-28(20(3)4)29(36)32-22(6)30(37)35-16-8-9-26(34-35)31(38)39-7/h10-15,17,19-22,26,28,34H,8-9,16,18H2,1-7H3,(H,32,36)/b11-10+/t21?,22-,26-,28-/m0/s1. The molecule has 218 valence electrons. The first-order valence-corrected chi connectivity index (χ1v) is 14.2. The van der Waals surface area contributed by atoms with Gasteiger partial charge in [0.15, 0.2) is 0 Å². The summed E-state index contributed by atoms with van der Waals surface area (Å²) in [6.07, 6.45) is 4.66. The van der Waals surface area contributed by atoms with E-state index in [2.05, 4.69) is 67.1 Å². The van der Waals surface area contributed by atoms with Crippen molar-refractivity contribution in [1.29, 1.82) is 0 Å². The highest BCUT2D eigenvalue weighted by molar-refractivity contribution is 5.89. The van der Waals surface area contributed by atoms with Gasteiger partial charge in [-0.15, -0.1) is 0 Å². The molecular weight excluding hydrogens is 508 g/mol. The van der Waals surface area contributed by atoms with E-state index in [9.17, 15) is 14.4 Å². The number of rotatable bonds is 11. The van der Waals surface area contributed by atoms with Gasteiger partial charge in [0, 0.05) is 17.6 Å². The minimum Gasteiger partial charge on any atom is -0.468 e. The summed E-state index contributed by atoms with van der Waals surface area (Å²) in [5, 5.41) is 5.29. The van der Waals surface area contributed by atoms with Gasteiger partial charge in [-0.25, -0.2) is 5.43 Å². The molecule has 2 N–H and O–H groups in total.